The Labute approximate surface area is 123 Å². The molecule has 4 nitrogen and oxygen atoms in total. The molecular formula is C14H13ClN2O2S. The van der Waals surface area contributed by atoms with Gasteiger partial charge in [0, 0.05) is 18.1 Å². The SMILES string of the molecule is O=S(=O)(C=Cc1ccccc1)NCc1ccc(Cl)nc1. The molecule has 0 aliphatic heterocycles. The highest BCUT2D eigenvalue weighted by molar-refractivity contribution is 7.92. The van der Waals surface area contributed by atoms with E-state index in [2.05, 4.69) is 9.71 Å². The Morgan fingerprint density at radius 3 is 2.55 bits per heavy atom. The number of nitrogens with one attached hydrogen (secondary N) is 1. The van der Waals surface area contributed by atoms with Crippen molar-refractivity contribution in [1.29, 1.82) is 0 Å². The van der Waals surface area contributed by atoms with Crippen LogP contribution < -0.4 is 4.72 Å². The van der Waals surface area contributed by atoms with Crippen LogP contribution in [-0.2, 0) is 16.6 Å². The van der Waals surface area contributed by atoms with Crippen molar-refractivity contribution in [2.45, 2.75) is 6.54 Å². The van der Waals surface area contributed by atoms with Crippen LogP contribution in [0, 0.1) is 0 Å². The van der Waals surface area contributed by atoms with Crippen molar-refractivity contribution in [3.05, 3.63) is 70.3 Å². The summed E-state index contributed by atoms with van der Waals surface area (Å²) >= 11 is 5.66. The first-order valence-corrected chi connectivity index (χ1v) is 7.81. The van der Waals surface area contributed by atoms with Crippen LogP contribution in [0.5, 0.6) is 0 Å². The van der Waals surface area contributed by atoms with Crippen LogP contribution in [0.3, 0.4) is 0 Å². The van der Waals surface area contributed by atoms with Crippen LogP contribution in [0.15, 0.2) is 54.1 Å². The van der Waals surface area contributed by atoms with Crippen molar-refractivity contribution < 1.29 is 8.42 Å². The van der Waals surface area contributed by atoms with Crippen molar-refractivity contribution >= 4 is 27.7 Å². The summed E-state index contributed by atoms with van der Waals surface area (Å²) in [5.41, 5.74) is 1.57. The zero-order valence-electron chi connectivity index (χ0n) is 10.5. The molecule has 1 heterocycles. The molecular weight excluding hydrogens is 296 g/mol. The highest BCUT2D eigenvalue weighted by Gasteiger charge is 2.05. The van der Waals surface area contributed by atoms with Crippen molar-refractivity contribution in [2.75, 3.05) is 0 Å². The van der Waals surface area contributed by atoms with E-state index in [1.165, 1.54) is 6.20 Å². The summed E-state index contributed by atoms with van der Waals surface area (Å²) in [6, 6.07) is 12.6. The van der Waals surface area contributed by atoms with Gasteiger partial charge in [-0.2, -0.15) is 0 Å². The van der Waals surface area contributed by atoms with Crippen LogP contribution >= 0.6 is 11.6 Å². The summed E-state index contributed by atoms with van der Waals surface area (Å²) in [7, 11) is -3.48. The van der Waals surface area contributed by atoms with E-state index in [9.17, 15) is 8.42 Å². The maximum Gasteiger partial charge on any atom is 0.234 e. The number of benzene rings is 1. The summed E-state index contributed by atoms with van der Waals surface area (Å²) < 4.78 is 26.1. The number of hydrogen-bond acceptors (Lipinski definition) is 3. The van der Waals surface area contributed by atoms with Crippen molar-refractivity contribution in [3.63, 3.8) is 0 Å². The molecule has 2 aromatic rings. The lowest BCUT2D eigenvalue weighted by Crippen LogP contribution is -2.20. The molecule has 0 unspecified atom stereocenters. The van der Waals surface area contributed by atoms with Crippen LogP contribution in [0.4, 0.5) is 0 Å². The first-order valence-electron chi connectivity index (χ1n) is 5.88. The number of hydrogen-bond donors (Lipinski definition) is 1. The molecule has 0 spiro atoms. The summed E-state index contributed by atoms with van der Waals surface area (Å²) in [4.78, 5) is 3.89. The van der Waals surface area contributed by atoms with Gasteiger partial charge in [0.2, 0.25) is 10.0 Å². The van der Waals surface area contributed by atoms with Gasteiger partial charge in [0.05, 0.1) is 0 Å². The largest absolute Gasteiger partial charge is 0.244 e. The van der Waals surface area contributed by atoms with Gasteiger partial charge >= 0.3 is 0 Å². The molecule has 0 aliphatic rings. The van der Waals surface area contributed by atoms with E-state index in [-0.39, 0.29) is 6.54 Å². The lowest BCUT2D eigenvalue weighted by Gasteiger charge is -2.02. The molecule has 2 rings (SSSR count). The van der Waals surface area contributed by atoms with E-state index < -0.39 is 10.0 Å². The number of pyridine rings is 1. The van der Waals surface area contributed by atoms with E-state index in [0.29, 0.717) is 5.15 Å². The maximum atomic E-state index is 11.8. The third-order valence-corrected chi connectivity index (χ3v) is 3.77. The summed E-state index contributed by atoms with van der Waals surface area (Å²) in [6.07, 6.45) is 3.08. The molecule has 0 bridgehead atoms. The van der Waals surface area contributed by atoms with Crippen LogP contribution in [0.2, 0.25) is 5.15 Å². The predicted octanol–water partition coefficient (Wildman–Crippen LogP) is 2.83. The van der Waals surface area contributed by atoms with Gasteiger partial charge in [-0.3, -0.25) is 0 Å². The molecule has 104 valence electrons. The number of rotatable bonds is 5. The predicted molar refractivity (Wildman–Crippen MR) is 80.5 cm³/mol. The zero-order valence-corrected chi connectivity index (χ0v) is 12.1. The minimum atomic E-state index is -3.48. The highest BCUT2D eigenvalue weighted by Crippen LogP contribution is 2.06. The Morgan fingerprint density at radius 2 is 1.90 bits per heavy atom. The number of sulfonamides is 1. The molecule has 0 aliphatic carbocycles. The smallest absolute Gasteiger partial charge is 0.234 e. The Morgan fingerprint density at radius 1 is 1.15 bits per heavy atom. The Balaban J connectivity index is 1.97. The van der Waals surface area contributed by atoms with Crippen LogP contribution in [0.1, 0.15) is 11.1 Å². The molecule has 0 amide bonds. The van der Waals surface area contributed by atoms with Crippen molar-refractivity contribution in [3.8, 4) is 0 Å². The van der Waals surface area contributed by atoms with Crippen molar-refractivity contribution in [1.82, 2.24) is 9.71 Å². The van der Waals surface area contributed by atoms with Gasteiger partial charge in [0.1, 0.15) is 5.15 Å². The lowest BCUT2D eigenvalue weighted by atomic mass is 10.2. The van der Waals surface area contributed by atoms with Crippen LogP contribution in [-0.4, -0.2) is 13.4 Å². The molecule has 0 saturated carbocycles. The lowest BCUT2D eigenvalue weighted by molar-refractivity contribution is 0.590. The number of halogens is 1. The number of aromatic nitrogens is 1. The van der Waals surface area contributed by atoms with Gasteiger partial charge in [0.25, 0.3) is 0 Å². The fraction of sp³-hybridized carbons (Fsp3) is 0.0714. The van der Waals surface area contributed by atoms with Gasteiger partial charge in [-0.15, -0.1) is 0 Å². The molecule has 1 aromatic carbocycles. The second-order valence-corrected chi connectivity index (χ2v) is 6.11. The molecule has 0 radical (unpaired) electrons. The minimum Gasteiger partial charge on any atom is -0.244 e. The normalized spacial score (nSPS) is 11.8. The van der Waals surface area contributed by atoms with Crippen molar-refractivity contribution in [2.24, 2.45) is 0 Å². The van der Waals surface area contributed by atoms with E-state index in [1.807, 2.05) is 30.3 Å². The molecule has 1 N–H and O–H groups in total. The van der Waals surface area contributed by atoms with E-state index in [1.54, 1.807) is 18.2 Å². The Bertz CT molecular complexity index is 683. The van der Waals surface area contributed by atoms with Gasteiger partial charge in [-0.25, -0.2) is 18.1 Å². The monoisotopic (exact) mass is 308 g/mol. The van der Waals surface area contributed by atoms with E-state index in [4.69, 9.17) is 11.6 Å². The third kappa shape index (κ3) is 4.77. The second-order valence-electron chi connectivity index (χ2n) is 4.07. The van der Waals surface area contributed by atoms with Crippen LogP contribution in [0.25, 0.3) is 6.08 Å². The van der Waals surface area contributed by atoms with Gasteiger partial charge in [-0.1, -0.05) is 48.0 Å². The third-order valence-electron chi connectivity index (χ3n) is 2.51. The molecule has 0 atom stereocenters. The quantitative estimate of drug-likeness (QED) is 0.864. The summed E-state index contributed by atoms with van der Waals surface area (Å²) in [5, 5.41) is 1.52. The van der Waals surface area contributed by atoms with Gasteiger partial charge < -0.3 is 0 Å². The summed E-state index contributed by atoms with van der Waals surface area (Å²) in [6.45, 7) is 0.172. The Kier molecular flexibility index (Phi) is 4.89. The van der Waals surface area contributed by atoms with Gasteiger partial charge in [0.15, 0.2) is 0 Å². The fourth-order valence-electron chi connectivity index (χ4n) is 1.48. The molecule has 6 heteroatoms. The topological polar surface area (TPSA) is 59.1 Å². The average molecular weight is 309 g/mol. The van der Waals surface area contributed by atoms with Gasteiger partial charge in [-0.05, 0) is 23.3 Å². The first kappa shape index (κ1) is 14.7. The zero-order chi connectivity index (χ0) is 14.4. The number of nitrogens with zero attached hydrogens (tertiary/aromatic N) is 1. The summed E-state index contributed by atoms with van der Waals surface area (Å²) in [5.74, 6) is 0. The molecule has 0 saturated heterocycles. The maximum absolute atomic E-state index is 11.8. The first-order chi connectivity index (χ1) is 9.55. The fourth-order valence-corrected chi connectivity index (χ4v) is 2.39. The minimum absolute atomic E-state index is 0.172. The molecule has 0 fully saturated rings. The molecule has 20 heavy (non-hydrogen) atoms. The molecule has 1 aromatic heterocycles. The Hall–Kier alpha value is -1.69. The van der Waals surface area contributed by atoms with E-state index in [0.717, 1.165) is 16.5 Å². The van der Waals surface area contributed by atoms with E-state index >= 15 is 0 Å². The second kappa shape index (κ2) is 6.65. The average Bonchev–Trinajstić information content (AvgIpc) is 2.46. The standard InChI is InChI=1S/C14H13ClN2O2S/c15-14-7-6-13(10-16-14)11-17-20(18,19)9-8-12-4-2-1-3-5-12/h1-10,17H,11H2. The highest BCUT2D eigenvalue weighted by atomic mass is 35.5.